The third-order valence-electron chi connectivity index (χ3n) is 6.08. The molecule has 1 heterocycles. The van der Waals surface area contributed by atoms with E-state index in [1.807, 2.05) is 0 Å². The van der Waals surface area contributed by atoms with Crippen LogP contribution in [0.5, 0.6) is 0 Å². The van der Waals surface area contributed by atoms with Crippen LogP contribution in [-0.2, 0) is 16.4 Å². The Balaban J connectivity index is 1.72. The van der Waals surface area contributed by atoms with Crippen molar-refractivity contribution in [3.05, 3.63) is 64.7 Å². The molecule has 1 fully saturated rings. The van der Waals surface area contributed by atoms with Crippen molar-refractivity contribution < 1.29 is 27.6 Å². The number of halogens is 4. The van der Waals surface area contributed by atoms with Gasteiger partial charge >= 0.3 is 6.18 Å². The van der Waals surface area contributed by atoms with Gasteiger partial charge in [-0.15, -0.1) is 0 Å². The first kappa shape index (κ1) is 20.3. The van der Waals surface area contributed by atoms with Crippen molar-refractivity contribution in [3.8, 4) is 0 Å². The van der Waals surface area contributed by atoms with Crippen molar-refractivity contribution >= 4 is 16.9 Å². The predicted octanol–water partition coefficient (Wildman–Crippen LogP) is 4.74. The highest BCUT2D eigenvalue weighted by Crippen LogP contribution is 2.50. The molecule has 1 amide bonds. The van der Waals surface area contributed by atoms with E-state index in [1.54, 1.807) is 30.6 Å². The fraction of sp³-hybridized carbons (Fsp3) is 0.333. The van der Waals surface area contributed by atoms with Gasteiger partial charge in [0.05, 0.1) is 16.4 Å². The van der Waals surface area contributed by atoms with Crippen molar-refractivity contribution in [2.24, 2.45) is 0 Å². The second kappa shape index (κ2) is 7.09. The zero-order valence-electron chi connectivity index (χ0n) is 16.0. The third-order valence-corrected chi connectivity index (χ3v) is 6.08. The van der Waals surface area contributed by atoms with Crippen molar-refractivity contribution in [1.29, 1.82) is 0 Å². The maximum atomic E-state index is 14.2. The largest absolute Gasteiger partial charge is 0.449 e. The van der Waals surface area contributed by atoms with Gasteiger partial charge in [0.2, 0.25) is 5.82 Å². The molecule has 2 aromatic carbocycles. The highest BCUT2D eigenvalue weighted by molar-refractivity contribution is 5.88. The molecule has 3 N–H and O–H groups in total. The molecule has 1 aliphatic rings. The fourth-order valence-corrected chi connectivity index (χ4v) is 4.55. The summed E-state index contributed by atoms with van der Waals surface area (Å²) in [6, 6.07) is 9.31. The number of aromatic nitrogens is 2. The molecule has 158 valence electrons. The highest BCUT2D eigenvalue weighted by atomic mass is 19.4. The van der Waals surface area contributed by atoms with E-state index >= 15 is 0 Å². The number of hydrogen-bond acceptors (Lipinski definition) is 3. The summed E-state index contributed by atoms with van der Waals surface area (Å²) < 4.78 is 52.9. The number of H-pyrrole nitrogens is 1. The molecule has 3 aromatic rings. The molecule has 30 heavy (non-hydrogen) atoms. The van der Waals surface area contributed by atoms with E-state index in [-0.39, 0.29) is 23.4 Å². The van der Waals surface area contributed by atoms with Crippen LogP contribution in [0.4, 0.5) is 17.6 Å². The molecular formula is C21H19F4N3O2. The summed E-state index contributed by atoms with van der Waals surface area (Å²) in [5, 5.41) is 9.35. The van der Waals surface area contributed by atoms with Crippen LogP contribution in [0.15, 0.2) is 36.4 Å². The van der Waals surface area contributed by atoms with E-state index in [1.165, 1.54) is 18.2 Å². The Morgan fingerprint density at radius 1 is 1.30 bits per heavy atom. The maximum Gasteiger partial charge on any atom is 0.449 e. The van der Waals surface area contributed by atoms with Crippen LogP contribution in [0.25, 0.3) is 11.0 Å². The van der Waals surface area contributed by atoms with E-state index in [9.17, 15) is 27.6 Å². The van der Waals surface area contributed by atoms with E-state index in [2.05, 4.69) is 9.97 Å². The monoisotopic (exact) mass is 421 g/mol. The number of fused-ring (bicyclic) bond motifs is 1. The number of amides is 1. The summed E-state index contributed by atoms with van der Waals surface area (Å²) in [4.78, 5) is 18.5. The standard InChI is InChI=1S/C21H19F4N3O2/c1-11-14(3-2-4-15(11)22)20(19(29)28-30)8-7-13(10-20)12-5-6-16-17(9-12)27-18(26-16)21(23,24)25/h2-6,9,13,30H,7-8,10H2,1H3,(H,26,27)(H,28,29)/t13-,20-/m0/s1. The Bertz CT molecular complexity index is 1130. The molecule has 2 atom stereocenters. The van der Waals surface area contributed by atoms with E-state index in [0.717, 1.165) is 5.56 Å². The SMILES string of the molecule is Cc1c(F)cccc1[C@]1(C(=O)NO)CC[C@H](c2ccc3nc(C(F)(F)F)[nH]c3c2)C1. The minimum Gasteiger partial charge on any atom is -0.334 e. The number of imidazole rings is 1. The van der Waals surface area contributed by atoms with Gasteiger partial charge in [-0.2, -0.15) is 13.2 Å². The molecule has 0 unspecified atom stereocenters. The fourth-order valence-electron chi connectivity index (χ4n) is 4.55. The van der Waals surface area contributed by atoms with Gasteiger partial charge < -0.3 is 4.98 Å². The van der Waals surface area contributed by atoms with Crippen molar-refractivity contribution in [3.63, 3.8) is 0 Å². The molecule has 5 nitrogen and oxygen atoms in total. The van der Waals surface area contributed by atoms with Gasteiger partial charge in [-0.05, 0) is 67.0 Å². The predicted molar refractivity (Wildman–Crippen MR) is 100 cm³/mol. The van der Waals surface area contributed by atoms with Crippen LogP contribution in [0.2, 0.25) is 0 Å². The molecule has 1 aliphatic carbocycles. The molecule has 0 radical (unpaired) electrons. The van der Waals surface area contributed by atoms with E-state index in [0.29, 0.717) is 24.0 Å². The summed E-state index contributed by atoms with van der Waals surface area (Å²) in [7, 11) is 0. The van der Waals surface area contributed by atoms with E-state index < -0.39 is 29.1 Å². The van der Waals surface area contributed by atoms with Gasteiger partial charge in [0.25, 0.3) is 5.91 Å². The van der Waals surface area contributed by atoms with Gasteiger partial charge in [0.15, 0.2) is 0 Å². The van der Waals surface area contributed by atoms with Gasteiger partial charge in [-0.1, -0.05) is 18.2 Å². The molecular weight excluding hydrogens is 402 g/mol. The number of benzene rings is 2. The van der Waals surface area contributed by atoms with Gasteiger partial charge in [0.1, 0.15) is 5.82 Å². The maximum absolute atomic E-state index is 14.2. The van der Waals surface area contributed by atoms with Gasteiger partial charge in [0, 0.05) is 0 Å². The first-order chi connectivity index (χ1) is 14.2. The summed E-state index contributed by atoms with van der Waals surface area (Å²) in [6.45, 7) is 1.58. The number of carbonyl (C=O) groups excluding carboxylic acids is 1. The Morgan fingerprint density at radius 2 is 2.07 bits per heavy atom. The second-order valence-electron chi connectivity index (χ2n) is 7.73. The number of hydrogen-bond donors (Lipinski definition) is 3. The average Bonchev–Trinajstić information content (AvgIpc) is 3.34. The molecule has 0 saturated heterocycles. The van der Waals surface area contributed by atoms with Crippen LogP contribution in [0, 0.1) is 12.7 Å². The summed E-state index contributed by atoms with van der Waals surface area (Å²) in [5.74, 6) is -2.29. The lowest BCUT2D eigenvalue weighted by atomic mass is 9.75. The van der Waals surface area contributed by atoms with Crippen molar-refractivity contribution in [1.82, 2.24) is 15.4 Å². The number of rotatable bonds is 3. The molecule has 1 saturated carbocycles. The normalized spacial score (nSPS) is 21.9. The first-order valence-electron chi connectivity index (χ1n) is 9.43. The van der Waals surface area contributed by atoms with Crippen molar-refractivity contribution in [2.75, 3.05) is 0 Å². The number of alkyl halides is 3. The molecule has 1 aromatic heterocycles. The van der Waals surface area contributed by atoms with Crippen LogP contribution in [0.3, 0.4) is 0 Å². The third kappa shape index (κ3) is 3.23. The average molecular weight is 421 g/mol. The van der Waals surface area contributed by atoms with Crippen LogP contribution >= 0.6 is 0 Å². The zero-order chi connectivity index (χ0) is 21.7. The minimum absolute atomic E-state index is 0.160. The number of hydroxylamine groups is 1. The quantitative estimate of drug-likeness (QED) is 0.325. The molecule has 0 spiro atoms. The smallest absolute Gasteiger partial charge is 0.334 e. The number of nitrogens with zero attached hydrogens (tertiary/aromatic N) is 1. The molecule has 4 rings (SSSR count). The number of carbonyl (C=O) groups is 1. The summed E-state index contributed by atoms with van der Waals surface area (Å²) >= 11 is 0. The lowest BCUT2D eigenvalue weighted by molar-refractivity contribution is -0.144. The Labute approximate surface area is 169 Å². The van der Waals surface area contributed by atoms with Gasteiger partial charge in [-0.3, -0.25) is 10.0 Å². The topological polar surface area (TPSA) is 78.0 Å². The Morgan fingerprint density at radius 3 is 2.77 bits per heavy atom. The van der Waals surface area contributed by atoms with Crippen LogP contribution in [0.1, 0.15) is 47.7 Å². The Hall–Kier alpha value is -2.94. The Kier molecular flexibility index (Phi) is 4.80. The van der Waals surface area contributed by atoms with Crippen LogP contribution in [-0.4, -0.2) is 21.1 Å². The van der Waals surface area contributed by atoms with Crippen LogP contribution < -0.4 is 5.48 Å². The molecule has 0 aliphatic heterocycles. The molecule has 0 bridgehead atoms. The van der Waals surface area contributed by atoms with Crippen molar-refractivity contribution in [2.45, 2.75) is 43.7 Å². The number of aromatic amines is 1. The molecule has 9 heteroatoms. The first-order valence-corrected chi connectivity index (χ1v) is 9.43. The lowest BCUT2D eigenvalue weighted by Crippen LogP contribution is -2.42. The second-order valence-corrected chi connectivity index (χ2v) is 7.73. The highest BCUT2D eigenvalue weighted by Gasteiger charge is 2.48. The van der Waals surface area contributed by atoms with Gasteiger partial charge in [-0.25, -0.2) is 14.9 Å². The minimum atomic E-state index is -4.57. The lowest BCUT2D eigenvalue weighted by Gasteiger charge is -2.29. The zero-order valence-corrected chi connectivity index (χ0v) is 16.0. The number of nitrogens with one attached hydrogen (secondary N) is 2. The summed E-state index contributed by atoms with van der Waals surface area (Å²) in [6.07, 6.45) is -3.37. The van der Waals surface area contributed by atoms with E-state index in [4.69, 9.17) is 0 Å². The summed E-state index contributed by atoms with van der Waals surface area (Å²) in [5.41, 5.74) is 2.62.